The summed E-state index contributed by atoms with van der Waals surface area (Å²) in [4.78, 5) is 28.8. The van der Waals surface area contributed by atoms with Gasteiger partial charge in [-0.25, -0.2) is 4.98 Å². The Bertz CT molecular complexity index is 425. The first-order valence-electron chi connectivity index (χ1n) is 4.96. The van der Waals surface area contributed by atoms with Crippen molar-refractivity contribution in [2.24, 2.45) is 5.41 Å². The van der Waals surface area contributed by atoms with Crippen LogP contribution in [0.3, 0.4) is 0 Å². The van der Waals surface area contributed by atoms with Crippen molar-refractivity contribution in [1.29, 1.82) is 0 Å². The summed E-state index contributed by atoms with van der Waals surface area (Å²) in [5.41, 5.74) is -0.783. The fourth-order valence-corrected chi connectivity index (χ4v) is 1.20. The number of carbonyl (C=O) groups excluding carboxylic acids is 1. The van der Waals surface area contributed by atoms with Crippen LogP contribution in [-0.2, 0) is 4.79 Å². The van der Waals surface area contributed by atoms with Crippen LogP contribution in [0.2, 0.25) is 0 Å². The molecule has 0 radical (unpaired) electrons. The Morgan fingerprint density at radius 3 is 2.81 bits per heavy atom. The molecule has 0 atom stereocenters. The first-order valence-corrected chi connectivity index (χ1v) is 4.96. The topological polar surface area (TPSA) is 86.9 Å². The summed E-state index contributed by atoms with van der Waals surface area (Å²) in [7, 11) is 1.59. The van der Waals surface area contributed by atoms with E-state index in [0.29, 0.717) is 12.4 Å². The van der Waals surface area contributed by atoms with Crippen molar-refractivity contribution >= 4 is 11.7 Å². The van der Waals surface area contributed by atoms with Gasteiger partial charge >= 0.3 is 0 Å². The van der Waals surface area contributed by atoms with E-state index in [1.807, 2.05) is 13.8 Å². The third-order valence-electron chi connectivity index (χ3n) is 2.23. The lowest BCUT2D eigenvalue weighted by atomic mass is 9.92. The second-order valence-corrected chi connectivity index (χ2v) is 4.11. The summed E-state index contributed by atoms with van der Waals surface area (Å²) in [5.74, 6) is 0.394. The molecule has 16 heavy (non-hydrogen) atoms. The summed E-state index contributed by atoms with van der Waals surface area (Å²) in [5, 5.41) is 5.53. The van der Waals surface area contributed by atoms with E-state index in [4.69, 9.17) is 0 Å². The first-order chi connectivity index (χ1) is 7.45. The molecule has 0 unspecified atom stereocenters. The molecule has 1 heterocycles. The molecule has 6 heteroatoms. The highest BCUT2D eigenvalue weighted by atomic mass is 16.2. The molecule has 0 aliphatic carbocycles. The van der Waals surface area contributed by atoms with E-state index in [0.717, 1.165) is 0 Å². The van der Waals surface area contributed by atoms with Gasteiger partial charge in [-0.15, -0.1) is 0 Å². The quantitative estimate of drug-likeness (QED) is 0.669. The molecule has 0 bridgehead atoms. The lowest BCUT2D eigenvalue weighted by Gasteiger charge is -2.22. The highest BCUT2D eigenvalue weighted by Gasteiger charge is 2.26. The molecule has 0 spiro atoms. The normalized spacial score (nSPS) is 10.9. The summed E-state index contributed by atoms with van der Waals surface area (Å²) in [6.45, 7) is 4.03. The minimum Gasteiger partial charge on any atom is -0.369 e. The molecule has 0 aliphatic heterocycles. The highest BCUT2D eigenvalue weighted by Crippen LogP contribution is 2.15. The number of hydrogen-bond acceptors (Lipinski definition) is 4. The van der Waals surface area contributed by atoms with E-state index in [1.165, 1.54) is 12.4 Å². The Morgan fingerprint density at radius 1 is 1.56 bits per heavy atom. The van der Waals surface area contributed by atoms with Gasteiger partial charge in [0.2, 0.25) is 5.91 Å². The molecular formula is C10H16N4O2. The maximum Gasteiger partial charge on any atom is 0.252 e. The molecule has 1 aromatic heterocycles. The number of nitrogens with zero attached hydrogens (tertiary/aromatic N) is 1. The average Bonchev–Trinajstić information content (AvgIpc) is 2.25. The van der Waals surface area contributed by atoms with Gasteiger partial charge in [-0.05, 0) is 13.8 Å². The van der Waals surface area contributed by atoms with Gasteiger partial charge in [0.15, 0.2) is 0 Å². The number of rotatable bonds is 4. The Morgan fingerprint density at radius 2 is 2.25 bits per heavy atom. The van der Waals surface area contributed by atoms with Crippen LogP contribution in [0.25, 0.3) is 0 Å². The lowest BCUT2D eigenvalue weighted by molar-refractivity contribution is -0.128. The molecule has 0 aliphatic rings. The van der Waals surface area contributed by atoms with Crippen LogP contribution < -0.4 is 16.2 Å². The number of nitrogens with one attached hydrogen (secondary N) is 3. The van der Waals surface area contributed by atoms with Gasteiger partial charge in [0, 0.05) is 19.7 Å². The monoisotopic (exact) mass is 224 g/mol. The van der Waals surface area contributed by atoms with E-state index in [1.54, 1.807) is 7.05 Å². The molecule has 0 aromatic carbocycles. The number of hydrogen-bond donors (Lipinski definition) is 3. The lowest BCUT2D eigenvalue weighted by Crippen LogP contribution is -2.39. The highest BCUT2D eigenvalue weighted by molar-refractivity contribution is 5.82. The number of aromatic nitrogens is 2. The van der Waals surface area contributed by atoms with E-state index in [-0.39, 0.29) is 11.5 Å². The zero-order chi connectivity index (χ0) is 12.2. The number of carbonyl (C=O) groups is 1. The first kappa shape index (κ1) is 12.2. The molecule has 1 rings (SSSR count). The Kier molecular flexibility index (Phi) is 3.65. The van der Waals surface area contributed by atoms with Crippen molar-refractivity contribution in [3.8, 4) is 0 Å². The Balaban J connectivity index is 2.64. The number of aromatic amines is 1. The van der Waals surface area contributed by atoms with Gasteiger partial charge in [-0.1, -0.05) is 0 Å². The Hall–Kier alpha value is -1.85. The molecule has 1 aromatic rings. The van der Waals surface area contributed by atoms with Crippen molar-refractivity contribution in [3.05, 3.63) is 22.7 Å². The molecule has 6 nitrogen and oxygen atoms in total. The molecule has 88 valence electrons. The minimum absolute atomic E-state index is 0.0650. The van der Waals surface area contributed by atoms with E-state index in [9.17, 15) is 9.59 Å². The maximum absolute atomic E-state index is 11.5. The molecule has 0 saturated carbocycles. The van der Waals surface area contributed by atoms with Crippen molar-refractivity contribution in [3.63, 3.8) is 0 Å². The van der Waals surface area contributed by atoms with Crippen LogP contribution in [0.1, 0.15) is 13.8 Å². The predicted octanol–water partition coefficient (Wildman–Crippen LogP) is -0.0460. The maximum atomic E-state index is 11.5. The van der Waals surface area contributed by atoms with E-state index >= 15 is 0 Å². The third kappa shape index (κ3) is 3.08. The van der Waals surface area contributed by atoms with Crippen molar-refractivity contribution in [2.45, 2.75) is 13.8 Å². The third-order valence-corrected chi connectivity index (χ3v) is 2.23. The van der Waals surface area contributed by atoms with Crippen molar-refractivity contribution in [2.75, 3.05) is 18.9 Å². The Labute approximate surface area is 93.5 Å². The van der Waals surface area contributed by atoms with E-state index in [2.05, 4.69) is 20.6 Å². The van der Waals surface area contributed by atoms with Crippen LogP contribution in [0.4, 0.5) is 5.82 Å². The van der Waals surface area contributed by atoms with Gasteiger partial charge in [0.25, 0.3) is 5.56 Å². The zero-order valence-electron chi connectivity index (χ0n) is 9.63. The standard InChI is InChI=1S/C10H16N4O2/c1-10(2,9(16)11-3)5-12-7-4-8(15)14-6-13-7/h4,6H,5H2,1-3H3,(H,11,16)(H2,12,13,14,15). The number of H-pyrrole nitrogens is 1. The van der Waals surface area contributed by atoms with Crippen LogP contribution in [0, 0.1) is 5.41 Å². The largest absolute Gasteiger partial charge is 0.369 e. The second kappa shape index (κ2) is 4.78. The van der Waals surface area contributed by atoms with Crippen molar-refractivity contribution < 1.29 is 4.79 Å². The fourth-order valence-electron chi connectivity index (χ4n) is 1.20. The predicted molar refractivity (Wildman–Crippen MR) is 61.2 cm³/mol. The molecular weight excluding hydrogens is 208 g/mol. The van der Waals surface area contributed by atoms with E-state index < -0.39 is 5.41 Å². The van der Waals surface area contributed by atoms with Crippen LogP contribution in [-0.4, -0.2) is 29.5 Å². The van der Waals surface area contributed by atoms with Crippen LogP contribution in [0.15, 0.2) is 17.2 Å². The van der Waals surface area contributed by atoms with Gasteiger partial charge < -0.3 is 15.6 Å². The van der Waals surface area contributed by atoms with Gasteiger partial charge in [0.05, 0.1) is 11.7 Å². The smallest absolute Gasteiger partial charge is 0.252 e. The van der Waals surface area contributed by atoms with Gasteiger partial charge in [-0.2, -0.15) is 0 Å². The molecule has 0 fully saturated rings. The SMILES string of the molecule is CNC(=O)C(C)(C)CNc1cc(=O)[nH]cn1. The van der Waals surface area contributed by atoms with Gasteiger partial charge in [0.1, 0.15) is 5.82 Å². The molecule has 3 N–H and O–H groups in total. The minimum atomic E-state index is -0.557. The van der Waals surface area contributed by atoms with Crippen LogP contribution >= 0.6 is 0 Å². The van der Waals surface area contributed by atoms with Crippen LogP contribution in [0.5, 0.6) is 0 Å². The zero-order valence-corrected chi connectivity index (χ0v) is 9.63. The molecule has 0 saturated heterocycles. The van der Waals surface area contributed by atoms with Crippen molar-refractivity contribution in [1.82, 2.24) is 15.3 Å². The van der Waals surface area contributed by atoms with Gasteiger partial charge in [-0.3, -0.25) is 9.59 Å². The summed E-state index contributed by atoms with van der Waals surface area (Å²) < 4.78 is 0. The summed E-state index contributed by atoms with van der Waals surface area (Å²) in [6, 6.07) is 1.35. The summed E-state index contributed by atoms with van der Waals surface area (Å²) >= 11 is 0. The fraction of sp³-hybridized carbons (Fsp3) is 0.500. The summed E-state index contributed by atoms with van der Waals surface area (Å²) in [6.07, 6.45) is 1.32. The average molecular weight is 224 g/mol. The number of amides is 1. The second-order valence-electron chi connectivity index (χ2n) is 4.11. The molecule has 1 amide bonds. The number of anilines is 1.